The van der Waals surface area contributed by atoms with E-state index in [1.54, 1.807) is 13.2 Å². The molecule has 1 aromatic rings. The maximum absolute atomic E-state index is 11.8. The molecule has 0 spiro atoms. The zero-order valence-corrected chi connectivity index (χ0v) is 13.3. The van der Waals surface area contributed by atoms with Crippen molar-refractivity contribution in [1.82, 2.24) is 0 Å². The Bertz CT molecular complexity index is 434. The number of ether oxygens (including phenoxy) is 2. The highest BCUT2D eigenvalue weighted by Gasteiger charge is 2.11. The summed E-state index contributed by atoms with van der Waals surface area (Å²) in [6.07, 6.45) is 8.22. The number of esters is 1. The van der Waals surface area contributed by atoms with Gasteiger partial charge in [0.15, 0.2) is 0 Å². The lowest BCUT2D eigenvalue weighted by molar-refractivity contribution is -0.139. The minimum absolute atomic E-state index is 0.150. The van der Waals surface area contributed by atoms with Crippen molar-refractivity contribution in [3.8, 4) is 5.75 Å². The smallest absolute Gasteiger partial charge is 0.310 e. The SMILES string of the molecule is CCCCC(CC)CC(=O)OC=Cc1ccc(OC)cc1. The molecule has 3 nitrogen and oxygen atoms in total. The largest absolute Gasteiger partial charge is 0.497 e. The number of methoxy groups -OCH3 is 1. The molecule has 1 atom stereocenters. The van der Waals surface area contributed by atoms with Crippen molar-refractivity contribution in [2.45, 2.75) is 46.0 Å². The molecule has 21 heavy (non-hydrogen) atoms. The predicted molar refractivity (Wildman–Crippen MR) is 86.0 cm³/mol. The van der Waals surface area contributed by atoms with Crippen LogP contribution in [-0.4, -0.2) is 13.1 Å². The van der Waals surface area contributed by atoms with Crippen molar-refractivity contribution >= 4 is 12.0 Å². The zero-order valence-electron chi connectivity index (χ0n) is 13.3. The number of carbonyl (C=O) groups excluding carboxylic acids is 1. The first-order valence-corrected chi connectivity index (χ1v) is 7.69. The Labute approximate surface area is 128 Å². The predicted octanol–water partition coefficient (Wildman–Crippen LogP) is 4.82. The highest BCUT2D eigenvalue weighted by atomic mass is 16.5. The quantitative estimate of drug-likeness (QED) is 0.483. The van der Waals surface area contributed by atoms with Crippen molar-refractivity contribution in [1.29, 1.82) is 0 Å². The van der Waals surface area contributed by atoms with Crippen molar-refractivity contribution in [2.24, 2.45) is 5.92 Å². The second kappa shape index (κ2) is 10.0. The Morgan fingerprint density at radius 1 is 1.24 bits per heavy atom. The van der Waals surface area contributed by atoms with Crippen molar-refractivity contribution < 1.29 is 14.3 Å². The van der Waals surface area contributed by atoms with E-state index in [-0.39, 0.29) is 5.97 Å². The Morgan fingerprint density at radius 3 is 2.52 bits per heavy atom. The lowest BCUT2D eigenvalue weighted by Gasteiger charge is -2.12. The minimum atomic E-state index is -0.150. The Hall–Kier alpha value is -1.77. The molecule has 1 aromatic carbocycles. The molecule has 0 heterocycles. The van der Waals surface area contributed by atoms with Crippen LogP contribution >= 0.6 is 0 Å². The summed E-state index contributed by atoms with van der Waals surface area (Å²) in [5, 5.41) is 0. The second-order valence-corrected chi connectivity index (χ2v) is 5.19. The number of hydrogen-bond donors (Lipinski definition) is 0. The van der Waals surface area contributed by atoms with E-state index < -0.39 is 0 Å². The van der Waals surface area contributed by atoms with E-state index in [1.807, 2.05) is 24.3 Å². The molecule has 0 radical (unpaired) electrons. The molecule has 0 saturated carbocycles. The van der Waals surface area contributed by atoms with Crippen molar-refractivity contribution in [3.63, 3.8) is 0 Å². The first kappa shape index (κ1) is 17.3. The van der Waals surface area contributed by atoms with E-state index in [4.69, 9.17) is 9.47 Å². The summed E-state index contributed by atoms with van der Waals surface area (Å²) >= 11 is 0. The lowest BCUT2D eigenvalue weighted by atomic mass is 9.96. The molecule has 3 heteroatoms. The number of unbranched alkanes of at least 4 members (excludes halogenated alkanes) is 1. The Morgan fingerprint density at radius 2 is 1.95 bits per heavy atom. The molecule has 0 bridgehead atoms. The third kappa shape index (κ3) is 6.98. The first-order valence-electron chi connectivity index (χ1n) is 7.69. The molecule has 0 aromatic heterocycles. The molecule has 1 unspecified atom stereocenters. The molecular formula is C18H26O3. The molecule has 0 fully saturated rings. The molecule has 0 saturated heterocycles. The Kier molecular flexibility index (Phi) is 8.25. The van der Waals surface area contributed by atoms with Gasteiger partial charge in [0.1, 0.15) is 5.75 Å². The van der Waals surface area contributed by atoms with E-state index >= 15 is 0 Å². The van der Waals surface area contributed by atoms with Gasteiger partial charge in [-0.05, 0) is 36.1 Å². The molecule has 116 valence electrons. The van der Waals surface area contributed by atoms with Crippen LogP contribution in [0, 0.1) is 5.92 Å². The van der Waals surface area contributed by atoms with Crippen LogP contribution in [0.15, 0.2) is 30.5 Å². The van der Waals surface area contributed by atoms with Gasteiger partial charge in [0.25, 0.3) is 0 Å². The molecule has 0 aliphatic heterocycles. The molecular weight excluding hydrogens is 264 g/mol. The summed E-state index contributed by atoms with van der Waals surface area (Å²) in [5.74, 6) is 1.10. The average molecular weight is 290 g/mol. The van der Waals surface area contributed by atoms with Crippen LogP contribution in [-0.2, 0) is 9.53 Å². The number of hydrogen-bond acceptors (Lipinski definition) is 3. The molecule has 1 rings (SSSR count). The molecule has 0 N–H and O–H groups in total. The third-order valence-electron chi connectivity index (χ3n) is 3.57. The minimum Gasteiger partial charge on any atom is -0.497 e. The fourth-order valence-corrected chi connectivity index (χ4v) is 2.13. The summed E-state index contributed by atoms with van der Waals surface area (Å²) in [5.41, 5.74) is 0.974. The molecule has 0 amide bonds. The van der Waals surface area contributed by atoms with Gasteiger partial charge in [0.05, 0.1) is 13.4 Å². The maximum Gasteiger partial charge on any atom is 0.310 e. The van der Waals surface area contributed by atoms with E-state index in [0.29, 0.717) is 12.3 Å². The van der Waals surface area contributed by atoms with Gasteiger partial charge in [-0.15, -0.1) is 0 Å². The van der Waals surface area contributed by atoms with Crippen LogP contribution in [0.1, 0.15) is 51.5 Å². The van der Waals surface area contributed by atoms with Gasteiger partial charge < -0.3 is 9.47 Å². The first-order chi connectivity index (χ1) is 10.2. The second-order valence-electron chi connectivity index (χ2n) is 5.19. The highest BCUT2D eigenvalue weighted by Crippen LogP contribution is 2.17. The fourth-order valence-electron chi connectivity index (χ4n) is 2.13. The molecule has 0 aliphatic rings. The number of benzene rings is 1. The summed E-state index contributed by atoms with van der Waals surface area (Å²) in [4.78, 5) is 11.8. The van der Waals surface area contributed by atoms with Gasteiger partial charge in [-0.2, -0.15) is 0 Å². The summed E-state index contributed by atoms with van der Waals surface area (Å²) < 4.78 is 10.3. The zero-order chi connectivity index (χ0) is 15.5. The van der Waals surface area contributed by atoms with Crippen LogP contribution in [0.2, 0.25) is 0 Å². The van der Waals surface area contributed by atoms with Gasteiger partial charge in [-0.3, -0.25) is 4.79 Å². The van der Waals surface area contributed by atoms with E-state index in [0.717, 1.165) is 24.2 Å². The van der Waals surface area contributed by atoms with Crippen molar-refractivity contribution in [2.75, 3.05) is 7.11 Å². The van der Waals surface area contributed by atoms with E-state index in [1.165, 1.54) is 19.1 Å². The highest BCUT2D eigenvalue weighted by molar-refractivity contribution is 5.71. The van der Waals surface area contributed by atoms with Gasteiger partial charge in [-0.25, -0.2) is 0 Å². The normalized spacial score (nSPS) is 12.3. The average Bonchev–Trinajstić information content (AvgIpc) is 2.52. The van der Waals surface area contributed by atoms with Gasteiger partial charge in [0.2, 0.25) is 0 Å². The van der Waals surface area contributed by atoms with Crippen LogP contribution in [0.5, 0.6) is 5.75 Å². The lowest BCUT2D eigenvalue weighted by Crippen LogP contribution is -2.08. The third-order valence-corrected chi connectivity index (χ3v) is 3.57. The monoisotopic (exact) mass is 290 g/mol. The maximum atomic E-state index is 11.8. The standard InChI is InChI=1S/C18H26O3/c1-4-6-7-15(5-2)14-18(19)21-13-12-16-8-10-17(20-3)11-9-16/h8-13,15H,4-7,14H2,1-3H3. The van der Waals surface area contributed by atoms with E-state index in [2.05, 4.69) is 13.8 Å². The van der Waals surface area contributed by atoms with E-state index in [9.17, 15) is 4.79 Å². The van der Waals surface area contributed by atoms with Crippen LogP contribution < -0.4 is 4.74 Å². The number of carbonyl (C=O) groups is 1. The number of rotatable bonds is 9. The van der Waals surface area contributed by atoms with Crippen LogP contribution in [0.4, 0.5) is 0 Å². The van der Waals surface area contributed by atoms with Gasteiger partial charge >= 0.3 is 5.97 Å². The Balaban J connectivity index is 2.38. The summed E-state index contributed by atoms with van der Waals surface area (Å²) in [6, 6.07) is 7.58. The summed E-state index contributed by atoms with van der Waals surface area (Å²) in [7, 11) is 1.63. The fraction of sp³-hybridized carbons (Fsp3) is 0.500. The van der Waals surface area contributed by atoms with Gasteiger partial charge in [0, 0.05) is 6.42 Å². The van der Waals surface area contributed by atoms with Crippen LogP contribution in [0.3, 0.4) is 0 Å². The topological polar surface area (TPSA) is 35.5 Å². The molecule has 0 aliphatic carbocycles. The van der Waals surface area contributed by atoms with Gasteiger partial charge in [-0.1, -0.05) is 45.2 Å². The van der Waals surface area contributed by atoms with Crippen LogP contribution in [0.25, 0.3) is 6.08 Å². The summed E-state index contributed by atoms with van der Waals surface area (Å²) in [6.45, 7) is 4.30. The van der Waals surface area contributed by atoms with Crippen molar-refractivity contribution in [3.05, 3.63) is 36.1 Å².